The Morgan fingerprint density at radius 2 is 2.22 bits per heavy atom. The molecule has 0 aliphatic carbocycles. The number of rotatable bonds is 6. The minimum atomic E-state index is 0.231. The summed E-state index contributed by atoms with van der Waals surface area (Å²) in [5.74, 6) is 0. The van der Waals surface area contributed by atoms with Gasteiger partial charge in [-0.25, -0.2) is 0 Å². The molecule has 0 aromatic heterocycles. The average Bonchev–Trinajstić information content (AvgIpc) is 2.45. The monoisotopic (exact) mass is 250 g/mol. The molecule has 2 rings (SSSR count). The standard InChI is InChI=1S/C14H22N2O2/c1-2-16-8-9-17-14(11-16)10-15-18-12-13-6-4-3-5-7-13/h3-7,14-15H,2,8-12H2,1H3. The van der Waals surface area contributed by atoms with E-state index >= 15 is 0 Å². The van der Waals surface area contributed by atoms with Crippen LogP contribution in [0, 0.1) is 0 Å². The minimum Gasteiger partial charge on any atom is -0.374 e. The SMILES string of the molecule is CCN1CCOC(CNOCc2ccccc2)C1. The van der Waals surface area contributed by atoms with E-state index in [9.17, 15) is 0 Å². The first-order valence-electron chi connectivity index (χ1n) is 6.61. The lowest BCUT2D eigenvalue weighted by molar-refractivity contribution is -0.0587. The van der Waals surface area contributed by atoms with Crippen molar-refractivity contribution in [2.45, 2.75) is 19.6 Å². The Bertz CT molecular complexity index is 332. The quantitative estimate of drug-likeness (QED) is 0.612. The van der Waals surface area contributed by atoms with Gasteiger partial charge in [0.05, 0.1) is 19.3 Å². The molecule has 1 aromatic carbocycles. The van der Waals surface area contributed by atoms with E-state index in [-0.39, 0.29) is 6.10 Å². The molecule has 18 heavy (non-hydrogen) atoms. The first-order valence-corrected chi connectivity index (χ1v) is 6.61. The van der Waals surface area contributed by atoms with E-state index in [4.69, 9.17) is 9.57 Å². The van der Waals surface area contributed by atoms with Gasteiger partial charge in [-0.1, -0.05) is 37.3 Å². The van der Waals surface area contributed by atoms with Crippen molar-refractivity contribution in [1.82, 2.24) is 10.4 Å². The van der Waals surface area contributed by atoms with E-state index in [1.807, 2.05) is 18.2 Å². The van der Waals surface area contributed by atoms with Crippen molar-refractivity contribution >= 4 is 0 Å². The predicted octanol–water partition coefficient (Wildman–Crippen LogP) is 1.43. The summed E-state index contributed by atoms with van der Waals surface area (Å²) < 4.78 is 5.68. The zero-order valence-electron chi connectivity index (χ0n) is 11.0. The van der Waals surface area contributed by atoms with Crippen LogP contribution in [0.3, 0.4) is 0 Å². The molecule has 4 nitrogen and oxygen atoms in total. The molecule has 1 atom stereocenters. The number of nitrogens with zero attached hydrogens (tertiary/aromatic N) is 1. The second kappa shape index (κ2) is 7.48. The van der Waals surface area contributed by atoms with Gasteiger partial charge in [0.1, 0.15) is 0 Å². The molecule has 4 heteroatoms. The van der Waals surface area contributed by atoms with Crippen molar-refractivity contribution in [3.8, 4) is 0 Å². The van der Waals surface area contributed by atoms with E-state index in [2.05, 4.69) is 29.4 Å². The van der Waals surface area contributed by atoms with Crippen LogP contribution >= 0.6 is 0 Å². The van der Waals surface area contributed by atoms with Gasteiger partial charge in [-0.3, -0.25) is 9.74 Å². The Morgan fingerprint density at radius 1 is 1.39 bits per heavy atom. The molecule has 0 bridgehead atoms. The van der Waals surface area contributed by atoms with E-state index in [0.717, 1.165) is 32.8 Å². The Kier molecular flexibility index (Phi) is 5.61. The summed E-state index contributed by atoms with van der Waals surface area (Å²) in [6, 6.07) is 10.1. The average molecular weight is 250 g/mol. The molecule has 1 unspecified atom stereocenters. The highest BCUT2D eigenvalue weighted by Crippen LogP contribution is 2.04. The number of hydrogen-bond acceptors (Lipinski definition) is 4. The first-order chi connectivity index (χ1) is 8.88. The van der Waals surface area contributed by atoms with Crippen molar-refractivity contribution in [1.29, 1.82) is 0 Å². The molecular weight excluding hydrogens is 228 g/mol. The third-order valence-corrected chi connectivity index (χ3v) is 3.16. The van der Waals surface area contributed by atoms with Crippen molar-refractivity contribution in [3.05, 3.63) is 35.9 Å². The van der Waals surface area contributed by atoms with E-state index in [1.54, 1.807) is 0 Å². The number of hydrogen-bond donors (Lipinski definition) is 1. The lowest BCUT2D eigenvalue weighted by Gasteiger charge is -2.31. The number of hydroxylamine groups is 1. The number of likely N-dealkylation sites (N-methyl/N-ethyl adjacent to an activating group) is 1. The Balaban J connectivity index is 1.60. The Labute approximate surface area is 109 Å². The maximum atomic E-state index is 5.68. The van der Waals surface area contributed by atoms with Crippen molar-refractivity contribution in [2.75, 3.05) is 32.8 Å². The van der Waals surface area contributed by atoms with Crippen LogP contribution in [-0.2, 0) is 16.2 Å². The van der Waals surface area contributed by atoms with Gasteiger partial charge in [0.2, 0.25) is 0 Å². The fourth-order valence-corrected chi connectivity index (χ4v) is 2.05. The highest BCUT2D eigenvalue weighted by atomic mass is 16.6. The van der Waals surface area contributed by atoms with E-state index < -0.39 is 0 Å². The molecule has 0 amide bonds. The highest BCUT2D eigenvalue weighted by Gasteiger charge is 2.18. The largest absolute Gasteiger partial charge is 0.374 e. The van der Waals surface area contributed by atoms with Crippen LogP contribution in [0.15, 0.2) is 30.3 Å². The van der Waals surface area contributed by atoms with Gasteiger partial charge in [0.25, 0.3) is 0 Å². The van der Waals surface area contributed by atoms with Crippen LogP contribution in [-0.4, -0.2) is 43.8 Å². The second-order valence-electron chi connectivity index (χ2n) is 4.51. The van der Waals surface area contributed by atoms with Crippen LogP contribution in [0.25, 0.3) is 0 Å². The zero-order chi connectivity index (χ0) is 12.6. The normalized spacial score (nSPS) is 21.1. The summed E-state index contributed by atoms with van der Waals surface area (Å²) in [7, 11) is 0. The molecule has 0 spiro atoms. The Hall–Kier alpha value is -0.940. The van der Waals surface area contributed by atoms with Crippen LogP contribution in [0.1, 0.15) is 12.5 Å². The lowest BCUT2D eigenvalue weighted by Crippen LogP contribution is -2.46. The molecule has 100 valence electrons. The minimum absolute atomic E-state index is 0.231. The summed E-state index contributed by atoms with van der Waals surface area (Å²) in [6.45, 7) is 7.44. The molecule has 1 aliphatic heterocycles. The number of morpholine rings is 1. The van der Waals surface area contributed by atoms with Crippen molar-refractivity contribution < 1.29 is 9.57 Å². The van der Waals surface area contributed by atoms with Gasteiger partial charge in [0, 0.05) is 19.6 Å². The summed E-state index contributed by atoms with van der Waals surface area (Å²) in [4.78, 5) is 7.84. The van der Waals surface area contributed by atoms with Gasteiger partial charge in [-0.05, 0) is 12.1 Å². The Morgan fingerprint density at radius 3 is 3.00 bits per heavy atom. The van der Waals surface area contributed by atoms with Crippen molar-refractivity contribution in [3.63, 3.8) is 0 Å². The number of ether oxygens (including phenoxy) is 1. The molecule has 1 saturated heterocycles. The first kappa shape index (κ1) is 13.5. The number of nitrogens with one attached hydrogen (secondary N) is 1. The zero-order valence-corrected chi connectivity index (χ0v) is 11.0. The smallest absolute Gasteiger partial charge is 0.0933 e. The fraction of sp³-hybridized carbons (Fsp3) is 0.571. The molecular formula is C14H22N2O2. The van der Waals surface area contributed by atoms with Gasteiger partial charge in [0.15, 0.2) is 0 Å². The molecule has 1 N–H and O–H groups in total. The van der Waals surface area contributed by atoms with Crippen LogP contribution in [0.5, 0.6) is 0 Å². The third-order valence-electron chi connectivity index (χ3n) is 3.16. The van der Waals surface area contributed by atoms with Gasteiger partial charge >= 0.3 is 0 Å². The molecule has 1 aliphatic rings. The van der Waals surface area contributed by atoms with Crippen LogP contribution in [0.4, 0.5) is 0 Å². The number of benzene rings is 1. The fourth-order valence-electron chi connectivity index (χ4n) is 2.05. The van der Waals surface area contributed by atoms with Gasteiger partial charge in [-0.15, -0.1) is 0 Å². The van der Waals surface area contributed by atoms with E-state index in [0.29, 0.717) is 6.61 Å². The summed E-state index contributed by atoms with van der Waals surface area (Å²) in [5, 5.41) is 0. The molecule has 0 saturated carbocycles. The maximum absolute atomic E-state index is 5.68. The summed E-state index contributed by atoms with van der Waals surface area (Å²) >= 11 is 0. The summed E-state index contributed by atoms with van der Waals surface area (Å²) in [5.41, 5.74) is 4.17. The van der Waals surface area contributed by atoms with Crippen LogP contribution < -0.4 is 5.48 Å². The lowest BCUT2D eigenvalue weighted by atomic mass is 10.2. The van der Waals surface area contributed by atoms with E-state index in [1.165, 1.54) is 5.56 Å². The molecule has 1 heterocycles. The molecule has 1 aromatic rings. The predicted molar refractivity (Wildman–Crippen MR) is 71.1 cm³/mol. The summed E-state index contributed by atoms with van der Waals surface area (Å²) in [6.07, 6.45) is 0.231. The highest BCUT2D eigenvalue weighted by molar-refractivity contribution is 5.13. The topological polar surface area (TPSA) is 33.7 Å². The maximum Gasteiger partial charge on any atom is 0.0933 e. The molecule has 0 radical (unpaired) electrons. The van der Waals surface area contributed by atoms with Crippen molar-refractivity contribution in [2.24, 2.45) is 0 Å². The third kappa shape index (κ3) is 4.38. The van der Waals surface area contributed by atoms with Gasteiger partial charge < -0.3 is 4.74 Å². The molecule has 1 fully saturated rings. The second-order valence-corrected chi connectivity index (χ2v) is 4.51. The van der Waals surface area contributed by atoms with Crippen LogP contribution in [0.2, 0.25) is 0 Å². The van der Waals surface area contributed by atoms with Gasteiger partial charge in [-0.2, -0.15) is 5.48 Å².